The van der Waals surface area contributed by atoms with Crippen LogP contribution in [-0.4, -0.2) is 67.0 Å². The summed E-state index contributed by atoms with van der Waals surface area (Å²) >= 11 is 1.52. The lowest BCUT2D eigenvalue weighted by molar-refractivity contribution is -0.121. The molecule has 3 amide bonds. The first-order valence-electron chi connectivity index (χ1n) is 12.4. The Morgan fingerprint density at radius 2 is 1.83 bits per heavy atom. The Balaban J connectivity index is 1.44. The molecule has 9 heteroatoms. The second kappa shape index (κ2) is 10.5. The number of amides is 3. The largest absolute Gasteiger partial charge is 0.379 e. The monoisotopic (exact) mass is 506 g/mol. The van der Waals surface area contributed by atoms with E-state index in [0.717, 1.165) is 60.6 Å². The zero-order chi connectivity index (χ0) is 25.2. The van der Waals surface area contributed by atoms with Crippen LogP contribution < -0.4 is 9.80 Å². The van der Waals surface area contributed by atoms with Crippen molar-refractivity contribution in [2.24, 2.45) is 0 Å². The maximum absolute atomic E-state index is 13.9. The first kappa shape index (κ1) is 24.5. The molecular formula is C27H30N4O4S. The predicted molar refractivity (Wildman–Crippen MR) is 141 cm³/mol. The summed E-state index contributed by atoms with van der Waals surface area (Å²) in [4.78, 5) is 48.5. The van der Waals surface area contributed by atoms with Crippen molar-refractivity contribution in [2.45, 2.75) is 33.1 Å². The minimum atomic E-state index is -0.232. The molecule has 2 saturated heterocycles. The Morgan fingerprint density at radius 1 is 1.08 bits per heavy atom. The normalized spacial score (nSPS) is 16.8. The summed E-state index contributed by atoms with van der Waals surface area (Å²) in [6, 6.07) is 11.0. The third-order valence-corrected chi connectivity index (χ3v) is 7.88. The summed E-state index contributed by atoms with van der Waals surface area (Å²) in [5, 5.41) is 0.657. The standard InChI is InChI=1S/C27H30N4O4S/c1-18-15-19(2)25-22(16-18)28-27(36-25)30(10-4-9-29-11-13-35-14-12-29)26(34)20-5-3-6-21(17-20)31-23(32)7-8-24(31)33/h3,5-6,15-17H,4,7-14H2,1-2H3. The minimum absolute atomic E-state index is 0.189. The van der Waals surface area contributed by atoms with Gasteiger partial charge in [0.05, 0.1) is 29.1 Å². The minimum Gasteiger partial charge on any atom is -0.379 e. The van der Waals surface area contributed by atoms with Crippen LogP contribution in [0.1, 0.15) is 40.7 Å². The lowest BCUT2D eigenvalue weighted by Gasteiger charge is -2.28. The zero-order valence-electron chi connectivity index (χ0n) is 20.7. The van der Waals surface area contributed by atoms with Gasteiger partial charge >= 0.3 is 0 Å². The molecule has 2 aliphatic rings. The maximum atomic E-state index is 13.9. The van der Waals surface area contributed by atoms with Gasteiger partial charge in [-0.25, -0.2) is 4.98 Å². The van der Waals surface area contributed by atoms with E-state index < -0.39 is 0 Å². The molecule has 0 radical (unpaired) electrons. The number of thiazole rings is 1. The molecule has 0 bridgehead atoms. The number of carbonyl (C=O) groups is 3. The molecule has 3 aromatic rings. The van der Waals surface area contributed by atoms with Crippen LogP contribution in [0.15, 0.2) is 36.4 Å². The molecule has 0 atom stereocenters. The highest BCUT2D eigenvalue weighted by Gasteiger charge is 2.31. The SMILES string of the molecule is Cc1cc(C)c2sc(N(CCCN3CCOCC3)C(=O)c3cccc(N4C(=O)CCC4=O)c3)nc2c1. The molecule has 0 unspecified atom stereocenters. The van der Waals surface area contributed by atoms with Gasteiger partial charge in [-0.2, -0.15) is 0 Å². The van der Waals surface area contributed by atoms with Crippen molar-refractivity contribution < 1.29 is 19.1 Å². The molecule has 2 fully saturated rings. The Labute approximate surface area is 214 Å². The molecule has 5 rings (SSSR count). The highest BCUT2D eigenvalue weighted by molar-refractivity contribution is 7.22. The van der Waals surface area contributed by atoms with Crippen molar-refractivity contribution >= 4 is 50.1 Å². The van der Waals surface area contributed by atoms with Gasteiger partial charge in [-0.15, -0.1) is 0 Å². The number of fused-ring (bicyclic) bond motifs is 1. The van der Waals surface area contributed by atoms with Crippen LogP contribution in [0.5, 0.6) is 0 Å². The van der Waals surface area contributed by atoms with E-state index in [2.05, 4.69) is 17.9 Å². The molecule has 0 spiro atoms. The quantitative estimate of drug-likeness (QED) is 0.452. The van der Waals surface area contributed by atoms with E-state index in [0.29, 0.717) is 22.9 Å². The molecule has 0 N–H and O–H groups in total. The number of morpholine rings is 1. The summed E-state index contributed by atoms with van der Waals surface area (Å²) in [7, 11) is 0. The first-order chi connectivity index (χ1) is 17.4. The smallest absolute Gasteiger partial charge is 0.260 e. The van der Waals surface area contributed by atoms with Gasteiger partial charge in [-0.05, 0) is 55.7 Å². The topological polar surface area (TPSA) is 83.0 Å². The number of imide groups is 1. The van der Waals surface area contributed by atoms with Crippen molar-refractivity contribution in [1.82, 2.24) is 9.88 Å². The van der Waals surface area contributed by atoms with Crippen LogP contribution in [-0.2, 0) is 14.3 Å². The summed E-state index contributed by atoms with van der Waals surface area (Å²) < 4.78 is 6.52. The van der Waals surface area contributed by atoms with Crippen molar-refractivity contribution in [3.05, 3.63) is 53.1 Å². The zero-order valence-corrected chi connectivity index (χ0v) is 21.5. The Kier molecular flexibility index (Phi) is 7.13. The fourth-order valence-electron chi connectivity index (χ4n) is 4.84. The number of nitrogens with zero attached hydrogens (tertiary/aromatic N) is 4. The van der Waals surface area contributed by atoms with Crippen molar-refractivity contribution in [2.75, 3.05) is 49.2 Å². The summed E-state index contributed by atoms with van der Waals surface area (Å²) in [5.41, 5.74) is 4.04. The van der Waals surface area contributed by atoms with Gasteiger partial charge in [0.2, 0.25) is 11.8 Å². The van der Waals surface area contributed by atoms with E-state index in [4.69, 9.17) is 9.72 Å². The average Bonchev–Trinajstić information content (AvgIpc) is 3.45. The molecule has 2 aromatic carbocycles. The second-order valence-corrected chi connectivity index (χ2v) is 10.3. The van der Waals surface area contributed by atoms with E-state index in [9.17, 15) is 14.4 Å². The van der Waals surface area contributed by atoms with Crippen molar-refractivity contribution in [1.29, 1.82) is 0 Å². The lowest BCUT2D eigenvalue weighted by atomic mass is 10.1. The molecule has 1 aromatic heterocycles. The van der Waals surface area contributed by atoms with Crippen molar-refractivity contribution in [3.63, 3.8) is 0 Å². The van der Waals surface area contributed by atoms with Crippen LogP contribution >= 0.6 is 11.3 Å². The fraction of sp³-hybridized carbons (Fsp3) is 0.407. The fourth-order valence-corrected chi connectivity index (χ4v) is 5.88. The molecule has 8 nitrogen and oxygen atoms in total. The first-order valence-corrected chi connectivity index (χ1v) is 13.2. The third-order valence-electron chi connectivity index (χ3n) is 6.65. The Bertz CT molecular complexity index is 1300. The number of aryl methyl sites for hydroxylation is 2. The van der Waals surface area contributed by atoms with Crippen LogP contribution in [0.3, 0.4) is 0 Å². The number of rotatable bonds is 7. The van der Waals surface area contributed by atoms with Crippen LogP contribution in [0.2, 0.25) is 0 Å². The van der Waals surface area contributed by atoms with Gasteiger partial charge in [-0.3, -0.25) is 29.1 Å². The number of ether oxygens (including phenoxy) is 1. The Hall–Kier alpha value is -3.14. The molecule has 0 saturated carbocycles. The molecular weight excluding hydrogens is 476 g/mol. The van der Waals surface area contributed by atoms with E-state index in [1.54, 1.807) is 29.2 Å². The van der Waals surface area contributed by atoms with E-state index in [1.165, 1.54) is 16.2 Å². The number of anilines is 2. The van der Waals surface area contributed by atoms with Gasteiger partial charge in [0.1, 0.15) is 0 Å². The predicted octanol–water partition coefficient (Wildman–Crippen LogP) is 3.94. The lowest BCUT2D eigenvalue weighted by Crippen LogP contribution is -2.39. The maximum Gasteiger partial charge on any atom is 0.260 e. The van der Waals surface area contributed by atoms with E-state index in [1.807, 2.05) is 13.0 Å². The number of hydrogen-bond donors (Lipinski definition) is 0. The second-order valence-electron chi connectivity index (χ2n) is 9.36. The van der Waals surface area contributed by atoms with E-state index >= 15 is 0 Å². The highest BCUT2D eigenvalue weighted by atomic mass is 32.1. The molecule has 3 heterocycles. The highest BCUT2D eigenvalue weighted by Crippen LogP contribution is 2.33. The van der Waals surface area contributed by atoms with Crippen LogP contribution in [0, 0.1) is 13.8 Å². The Morgan fingerprint density at radius 3 is 2.58 bits per heavy atom. The van der Waals surface area contributed by atoms with Gasteiger partial charge in [0, 0.05) is 44.6 Å². The van der Waals surface area contributed by atoms with Crippen LogP contribution in [0.4, 0.5) is 10.8 Å². The summed E-state index contributed by atoms with van der Waals surface area (Å²) in [6.45, 7) is 8.76. The van der Waals surface area contributed by atoms with Gasteiger partial charge in [0.25, 0.3) is 5.91 Å². The average molecular weight is 507 g/mol. The molecule has 0 aliphatic carbocycles. The number of hydrogen-bond acceptors (Lipinski definition) is 7. The molecule has 36 heavy (non-hydrogen) atoms. The molecule has 2 aliphatic heterocycles. The van der Waals surface area contributed by atoms with Gasteiger partial charge in [-0.1, -0.05) is 23.5 Å². The van der Waals surface area contributed by atoms with Gasteiger partial charge in [0.15, 0.2) is 5.13 Å². The van der Waals surface area contributed by atoms with Crippen LogP contribution in [0.25, 0.3) is 10.2 Å². The van der Waals surface area contributed by atoms with Crippen molar-refractivity contribution in [3.8, 4) is 0 Å². The summed E-state index contributed by atoms with van der Waals surface area (Å²) in [5.74, 6) is -0.653. The number of benzene rings is 2. The van der Waals surface area contributed by atoms with E-state index in [-0.39, 0.29) is 30.6 Å². The van der Waals surface area contributed by atoms with Gasteiger partial charge < -0.3 is 4.74 Å². The summed E-state index contributed by atoms with van der Waals surface area (Å²) in [6.07, 6.45) is 1.20. The molecule has 188 valence electrons. The number of carbonyl (C=O) groups excluding carboxylic acids is 3. The third kappa shape index (κ3) is 5.04. The number of aromatic nitrogens is 1.